The summed E-state index contributed by atoms with van der Waals surface area (Å²) in [6.45, 7) is 7.50. The molecule has 2 saturated heterocycles. The Morgan fingerprint density at radius 3 is 1.37 bits per heavy atom. The molecule has 18 nitrogen and oxygen atoms in total. The molecule has 0 aromatic heterocycles. The van der Waals surface area contributed by atoms with E-state index in [-0.39, 0.29) is 79.7 Å². The summed E-state index contributed by atoms with van der Waals surface area (Å²) in [6, 6.07) is 2.40. The van der Waals surface area contributed by atoms with Crippen molar-refractivity contribution >= 4 is 35.1 Å². The van der Waals surface area contributed by atoms with Gasteiger partial charge in [0.2, 0.25) is 0 Å². The Labute approximate surface area is 291 Å². The van der Waals surface area contributed by atoms with Gasteiger partial charge in [0.15, 0.2) is 23.0 Å². The molecular formula is C33H36N4O14. The van der Waals surface area contributed by atoms with Gasteiger partial charge in [-0.2, -0.15) is 0 Å². The van der Waals surface area contributed by atoms with Crippen LogP contribution in [0.3, 0.4) is 0 Å². The topological polar surface area (TPSA) is 216 Å². The molecular weight excluding hydrogens is 676 g/mol. The molecule has 0 saturated carbocycles. The summed E-state index contributed by atoms with van der Waals surface area (Å²) in [6.07, 6.45) is 0.462. The first kappa shape index (κ1) is 37.6. The largest absolute Gasteiger partial charge is 0.493 e. The van der Waals surface area contributed by atoms with Crippen LogP contribution in [0.25, 0.3) is 0 Å². The van der Waals surface area contributed by atoms with Gasteiger partial charge >= 0.3 is 11.9 Å². The van der Waals surface area contributed by atoms with Crippen LogP contribution in [0.5, 0.6) is 23.0 Å². The molecule has 4 rings (SSSR count). The maximum Gasteiger partial charge on any atom is 0.328 e. The maximum absolute atomic E-state index is 13.4. The summed E-state index contributed by atoms with van der Waals surface area (Å²) in [4.78, 5) is 76.2. The van der Waals surface area contributed by atoms with E-state index in [0.717, 1.165) is 34.1 Å². The molecule has 2 fully saturated rings. The highest BCUT2D eigenvalue weighted by Crippen LogP contribution is 2.39. The average molecular weight is 713 g/mol. The molecule has 2 aromatic carbocycles. The van der Waals surface area contributed by atoms with Gasteiger partial charge in [0.1, 0.15) is 23.2 Å². The van der Waals surface area contributed by atoms with Gasteiger partial charge in [-0.1, -0.05) is 24.3 Å². The zero-order chi connectivity index (χ0) is 37.6. The summed E-state index contributed by atoms with van der Waals surface area (Å²) >= 11 is 0. The number of nitrogens with zero attached hydrogens (tertiary/aromatic N) is 4. The van der Waals surface area contributed by atoms with Crippen LogP contribution < -0.4 is 18.9 Å². The minimum absolute atomic E-state index is 0.00563. The number of hydrogen-bond acceptors (Lipinski definition) is 14. The first-order valence-corrected chi connectivity index (χ1v) is 15.3. The number of nitro groups is 2. The summed E-state index contributed by atoms with van der Waals surface area (Å²) in [5.74, 6) is -3.05. The lowest BCUT2D eigenvalue weighted by molar-refractivity contribution is -0.385. The Hall–Kier alpha value is -6.20. The molecule has 2 aliphatic heterocycles. The average Bonchev–Trinajstić information content (AvgIpc) is 3.71. The Balaban J connectivity index is 1.48. The van der Waals surface area contributed by atoms with Crippen LogP contribution in [0, 0.1) is 20.2 Å². The molecule has 2 aromatic rings. The minimum atomic E-state index is -0.988. The Kier molecular flexibility index (Phi) is 11.8. The van der Waals surface area contributed by atoms with E-state index in [1.165, 1.54) is 28.4 Å². The number of amides is 2. The zero-order valence-corrected chi connectivity index (χ0v) is 28.3. The highest BCUT2D eigenvalue weighted by atomic mass is 16.6. The monoisotopic (exact) mass is 712 g/mol. The maximum atomic E-state index is 13.4. The Morgan fingerprint density at radius 1 is 0.686 bits per heavy atom. The van der Waals surface area contributed by atoms with Gasteiger partial charge in [0.25, 0.3) is 23.2 Å². The Morgan fingerprint density at radius 2 is 1.06 bits per heavy atom. The number of likely N-dealkylation sites (tertiary alicyclic amines) is 2. The second-order valence-corrected chi connectivity index (χ2v) is 11.5. The summed E-state index contributed by atoms with van der Waals surface area (Å²) in [5.41, 5.74) is -0.680. The standard InChI is InChI=1S/C33H36N4O14/c1-18-10-24(32(40)48-5)34(16-18)30(38)20-12-26(46-3)28(14-22(20)36(42)43)50-8-7-9-51-29-15-23(37(44)45)21(13-27(29)47-4)31(39)35-17-19(2)11-25(35)33(41)49-6/h12-15,24-25H,1-2,7-11,16-17H2,3-6H3/t24-,25-/m0/s1. The first-order valence-electron chi connectivity index (χ1n) is 15.3. The van der Waals surface area contributed by atoms with E-state index >= 15 is 0 Å². The zero-order valence-electron chi connectivity index (χ0n) is 28.3. The molecule has 0 aliphatic carbocycles. The molecule has 0 spiro atoms. The van der Waals surface area contributed by atoms with Crippen molar-refractivity contribution in [3.63, 3.8) is 0 Å². The third-order valence-corrected chi connectivity index (χ3v) is 8.19. The number of esters is 2. The molecule has 2 heterocycles. The van der Waals surface area contributed by atoms with E-state index in [1.807, 2.05) is 0 Å². The third-order valence-electron chi connectivity index (χ3n) is 8.19. The Bertz CT molecular complexity index is 1660. The van der Waals surface area contributed by atoms with Gasteiger partial charge in [0.05, 0.1) is 63.6 Å². The van der Waals surface area contributed by atoms with Crippen molar-refractivity contribution in [2.45, 2.75) is 31.3 Å². The molecule has 2 atom stereocenters. The van der Waals surface area contributed by atoms with E-state index in [1.54, 1.807) is 0 Å². The smallest absolute Gasteiger partial charge is 0.328 e. The van der Waals surface area contributed by atoms with Crippen LogP contribution in [-0.4, -0.2) is 110 Å². The van der Waals surface area contributed by atoms with Crippen LogP contribution in [0.15, 0.2) is 48.6 Å². The second-order valence-electron chi connectivity index (χ2n) is 11.5. The van der Waals surface area contributed by atoms with Gasteiger partial charge in [0, 0.05) is 44.5 Å². The molecule has 0 bridgehead atoms. The molecule has 18 heteroatoms. The van der Waals surface area contributed by atoms with Gasteiger partial charge in [-0.25, -0.2) is 9.59 Å². The lowest BCUT2D eigenvalue weighted by Crippen LogP contribution is -2.41. The fourth-order valence-corrected chi connectivity index (χ4v) is 5.74. The summed E-state index contributed by atoms with van der Waals surface area (Å²) < 4.78 is 31.7. The number of benzene rings is 2. The third kappa shape index (κ3) is 8.00. The molecule has 0 N–H and O–H groups in total. The van der Waals surface area contributed by atoms with Crippen LogP contribution >= 0.6 is 0 Å². The molecule has 272 valence electrons. The van der Waals surface area contributed by atoms with Crippen molar-refractivity contribution in [3.05, 3.63) is 79.9 Å². The van der Waals surface area contributed by atoms with E-state index in [2.05, 4.69) is 13.2 Å². The van der Waals surface area contributed by atoms with E-state index in [9.17, 15) is 39.4 Å². The SMILES string of the molecule is C=C1C[C@@H](C(=O)OC)N(C(=O)c2cc(OC)c(OCCCOc3cc([N+](=O)[O-])c(C(=O)N4CC(=C)C[C@H]4C(=O)OC)cc3OC)cc2[N+](=O)[O-])C1. The predicted octanol–water partition coefficient (Wildman–Crippen LogP) is 3.26. The molecule has 2 aliphatic rings. The highest BCUT2D eigenvalue weighted by Gasteiger charge is 2.41. The van der Waals surface area contributed by atoms with Crippen molar-refractivity contribution in [1.29, 1.82) is 0 Å². The van der Waals surface area contributed by atoms with Gasteiger partial charge in [-0.15, -0.1) is 0 Å². The highest BCUT2D eigenvalue weighted by molar-refractivity contribution is 6.02. The fourth-order valence-electron chi connectivity index (χ4n) is 5.74. The molecule has 2 amide bonds. The van der Waals surface area contributed by atoms with Crippen molar-refractivity contribution in [3.8, 4) is 23.0 Å². The van der Waals surface area contributed by atoms with Crippen molar-refractivity contribution in [1.82, 2.24) is 9.80 Å². The van der Waals surface area contributed by atoms with Gasteiger partial charge < -0.3 is 38.2 Å². The van der Waals surface area contributed by atoms with E-state index in [4.69, 9.17) is 28.4 Å². The van der Waals surface area contributed by atoms with Gasteiger partial charge in [-0.05, 0) is 0 Å². The van der Waals surface area contributed by atoms with Crippen molar-refractivity contribution < 1.29 is 57.4 Å². The van der Waals surface area contributed by atoms with Crippen molar-refractivity contribution in [2.24, 2.45) is 0 Å². The number of carbonyl (C=O) groups excluding carboxylic acids is 4. The molecule has 0 radical (unpaired) electrons. The number of carbonyl (C=O) groups is 4. The van der Waals surface area contributed by atoms with Crippen LogP contribution in [0.2, 0.25) is 0 Å². The number of rotatable bonds is 14. The number of hydrogen-bond donors (Lipinski definition) is 0. The first-order chi connectivity index (χ1) is 24.3. The second kappa shape index (κ2) is 16.0. The summed E-state index contributed by atoms with van der Waals surface area (Å²) in [7, 11) is 4.91. The quantitative estimate of drug-likeness (QED) is 0.0904. The van der Waals surface area contributed by atoms with E-state index < -0.39 is 57.1 Å². The van der Waals surface area contributed by atoms with Crippen molar-refractivity contribution in [2.75, 3.05) is 54.7 Å². The van der Waals surface area contributed by atoms with Crippen LogP contribution in [0.4, 0.5) is 11.4 Å². The minimum Gasteiger partial charge on any atom is -0.493 e. The normalized spacial score (nSPS) is 16.8. The predicted molar refractivity (Wildman–Crippen MR) is 176 cm³/mol. The number of nitro benzene ring substituents is 2. The fraction of sp³-hybridized carbons (Fsp3) is 0.394. The number of methoxy groups -OCH3 is 4. The van der Waals surface area contributed by atoms with E-state index in [0.29, 0.717) is 11.1 Å². The van der Waals surface area contributed by atoms with Crippen LogP contribution in [0.1, 0.15) is 40.0 Å². The van der Waals surface area contributed by atoms with Crippen LogP contribution in [-0.2, 0) is 19.1 Å². The number of ether oxygens (including phenoxy) is 6. The lowest BCUT2D eigenvalue weighted by atomic mass is 10.1. The lowest BCUT2D eigenvalue weighted by Gasteiger charge is -2.23. The summed E-state index contributed by atoms with van der Waals surface area (Å²) in [5, 5.41) is 24.0. The molecule has 51 heavy (non-hydrogen) atoms. The van der Waals surface area contributed by atoms with Gasteiger partial charge in [-0.3, -0.25) is 29.8 Å². The molecule has 0 unspecified atom stereocenters.